The number of para-hydroxylation sites is 1. The predicted molar refractivity (Wildman–Crippen MR) is 93.0 cm³/mol. The van der Waals surface area contributed by atoms with Crippen LogP contribution in [0, 0.1) is 0 Å². The molecule has 0 radical (unpaired) electrons. The molecular weight excluding hydrogens is 328 g/mol. The molecule has 24 heavy (non-hydrogen) atoms. The number of carbonyl (C=O) groups is 1. The van der Waals surface area contributed by atoms with Gasteiger partial charge in [-0.25, -0.2) is 8.42 Å². The number of H-pyrrole nitrogens is 1. The Kier molecular flexibility index (Phi) is 4.45. The normalized spacial score (nSPS) is 19.5. The summed E-state index contributed by atoms with van der Waals surface area (Å²) >= 11 is 0. The van der Waals surface area contributed by atoms with Crippen molar-refractivity contribution in [2.75, 3.05) is 18.1 Å². The van der Waals surface area contributed by atoms with Crippen LogP contribution in [0.15, 0.2) is 35.1 Å². The van der Waals surface area contributed by atoms with Gasteiger partial charge in [-0.05, 0) is 18.9 Å². The zero-order chi connectivity index (χ0) is 17.3. The number of carbonyl (C=O) groups excluding carboxylic acids is 1. The number of aromatic amines is 1. The number of amides is 1. The van der Waals surface area contributed by atoms with Crippen molar-refractivity contribution in [3.8, 4) is 0 Å². The molecule has 1 aromatic carbocycles. The number of sulfone groups is 1. The fraction of sp³-hybridized carbons (Fsp3) is 0.412. The van der Waals surface area contributed by atoms with E-state index in [0.29, 0.717) is 29.4 Å². The molecule has 1 fully saturated rings. The standard InChI is InChI=1S/C17H20N2O4S/c1-2-8-19(12-7-9-24(22,23)11-12)17(21)14-10-16(20)18-15-6-4-3-5-13(14)15/h3-6,10,12H,2,7-9,11H2,1H3,(H,18,20)/t12-/m1/s1. The lowest BCUT2D eigenvalue weighted by Gasteiger charge is -2.28. The number of nitrogens with one attached hydrogen (secondary N) is 1. The van der Waals surface area contributed by atoms with Crippen molar-refractivity contribution >= 4 is 26.6 Å². The van der Waals surface area contributed by atoms with Gasteiger partial charge >= 0.3 is 0 Å². The maximum atomic E-state index is 13.1. The predicted octanol–water partition coefficient (Wildman–Crippen LogP) is 1.57. The number of benzene rings is 1. The molecule has 3 rings (SSSR count). The highest BCUT2D eigenvalue weighted by Crippen LogP contribution is 2.23. The van der Waals surface area contributed by atoms with Crippen LogP contribution in [0.3, 0.4) is 0 Å². The number of hydrogen-bond acceptors (Lipinski definition) is 4. The van der Waals surface area contributed by atoms with E-state index in [9.17, 15) is 18.0 Å². The highest BCUT2D eigenvalue weighted by Gasteiger charge is 2.35. The third kappa shape index (κ3) is 3.21. The average molecular weight is 348 g/mol. The Labute approximate surface area is 140 Å². The number of pyridine rings is 1. The highest BCUT2D eigenvalue weighted by atomic mass is 32.2. The van der Waals surface area contributed by atoms with Crippen LogP contribution >= 0.6 is 0 Å². The summed E-state index contributed by atoms with van der Waals surface area (Å²) in [6, 6.07) is 8.12. The molecule has 2 heterocycles. The number of aromatic nitrogens is 1. The molecule has 1 N–H and O–H groups in total. The van der Waals surface area contributed by atoms with Crippen molar-refractivity contribution in [1.82, 2.24) is 9.88 Å². The molecule has 2 aromatic rings. The summed E-state index contributed by atoms with van der Waals surface area (Å²) in [5.41, 5.74) is 0.587. The molecule has 1 amide bonds. The van der Waals surface area contributed by atoms with Crippen molar-refractivity contribution in [3.63, 3.8) is 0 Å². The van der Waals surface area contributed by atoms with Crippen molar-refractivity contribution in [2.45, 2.75) is 25.8 Å². The van der Waals surface area contributed by atoms with Crippen molar-refractivity contribution in [2.24, 2.45) is 0 Å². The zero-order valence-electron chi connectivity index (χ0n) is 13.5. The molecule has 0 spiro atoms. The molecule has 0 bridgehead atoms. The lowest BCUT2D eigenvalue weighted by atomic mass is 10.1. The molecule has 128 valence electrons. The van der Waals surface area contributed by atoms with E-state index in [2.05, 4.69) is 4.98 Å². The monoisotopic (exact) mass is 348 g/mol. The van der Waals surface area contributed by atoms with Gasteiger partial charge in [0.15, 0.2) is 9.84 Å². The van der Waals surface area contributed by atoms with Gasteiger partial charge in [0.2, 0.25) is 5.56 Å². The smallest absolute Gasteiger partial charge is 0.255 e. The summed E-state index contributed by atoms with van der Waals surface area (Å²) in [6.45, 7) is 2.42. The summed E-state index contributed by atoms with van der Waals surface area (Å²) in [5, 5.41) is 0.670. The fourth-order valence-corrected chi connectivity index (χ4v) is 4.98. The molecule has 1 aromatic heterocycles. The van der Waals surface area contributed by atoms with E-state index in [1.54, 1.807) is 23.1 Å². The van der Waals surface area contributed by atoms with Gasteiger partial charge < -0.3 is 9.88 Å². The second kappa shape index (κ2) is 6.39. The van der Waals surface area contributed by atoms with E-state index in [1.807, 2.05) is 13.0 Å². The van der Waals surface area contributed by atoms with E-state index in [-0.39, 0.29) is 29.0 Å². The molecule has 1 aliphatic heterocycles. The molecule has 6 nitrogen and oxygen atoms in total. The molecule has 1 aliphatic rings. The van der Waals surface area contributed by atoms with Crippen LogP contribution in [0.4, 0.5) is 0 Å². The average Bonchev–Trinajstić information content (AvgIpc) is 2.90. The van der Waals surface area contributed by atoms with E-state index >= 15 is 0 Å². The van der Waals surface area contributed by atoms with E-state index < -0.39 is 9.84 Å². The summed E-state index contributed by atoms with van der Waals surface area (Å²) in [7, 11) is -3.09. The molecule has 0 unspecified atom stereocenters. The SMILES string of the molecule is CCCN(C(=O)c1cc(=O)[nH]c2ccccc12)[C@@H]1CCS(=O)(=O)C1. The van der Waals surface area contributed by atoms with Gasteiger partial charge in [-0.1, -0.05) is 25.1 Å². The van der Waals surface area contributed by atoms with Crippen molar-refractivity contribution in [3.05, 3.63) is 46.2 Å². The first kappa shape index (κ1) is 16.7. The molecule has 7 heteroatoms. The summed E-state index contributed by atoms with van der Waals surface area (Å²) in [5.74, 6) is -0.164. The first-order valence-corrected chi connectivity index (χ1v) is 9.87. The van der Waals surface area contributed by atoms with Crippen molar-refractivity contribution < 1.29 is 13.2 Å². The quantitative estimate of drug-likeness (QED) is 0.908. The number of rotatable bonds is 4. The Hall–Kier alpha value is -2.15. The topological polar surface area (TPSA) is 87.3 Å². The maximum Gasteiger partial charge on any atom is 0.255 e. The number of nitrogens with zero attached hydrogens (tertiary/aromatic N) is 1. The number of fused-ring (bicyclic) bond motifs is 1. The third-order valence-electron chi connectivity index (χ3n) is 4.36. The Morgan fingerprint density at radius 2 is 2.08 bits per heavy atom. The van der Waals surface area contributed by atoms with Crippen LogP contribution in [-0.4, -0.2) is 48.3 Å². The van der Waals surface area contributed by atoms with Gasteiger partial charge in [0.05, 0.1) is 17.1 Å². The molecule has 1 atom stereocenters. The summed E-state index contributed by atoms with van der Waals surface area (Å²) < 4.78 is 23.6. The minimum Gasteiger partial charge on any atom is -0.335 e. The second-order valence-corrected chi connectivity index (χ2v) is 8.38. The Bertz CT molecular complexity index is 933. The highest BCUT2D eigenvalue weighted by molar-refractivity contribution is 7.91. The molecular formula is C17H20N2O4S. The van der Waals surface area contributed by atoms with E-state index in [1.165, 1.54) is 6.07 Å². The van der Waals surface area contributed by atoms with Gasteiger partial charge in [0, 0.05) is 29.6 Å². The Morgan fingerprint density at radius 1 is 1.33 bits per heavy atom. The summed E-state index contributed by atoms with van der Waals surface area (Å²) in [6.07, 6.45) is 1.18. The molecule has 1 saturated heterocycles. The molecule has 0 aliphatic carbocycles. The minimum absolute atomic E-state index is 0.000136. The van der Waals surface area contributed by atoms with Gasteiger partial charge in [-0.15, -0.1) is 0 Å². The first-order valence-electron chi connectivity index (χ1n) is 8.05. The van der Waals surface area contributed by atoms with E-state index in [0.717, 1.165) is 6.42 Å². The second-order valence-electron chi connectivity index (χ2n) is 6.15. The van der Waals surface area contributed by atoms with Crippen LogP contribution in [0.1, 0.15) is 30.1 Å². The van der Waals surface area contributed by atoms with Gasteiger partial charge in [-0.3, -0.25) is 9.59 Å². The number of hydrogen-bond donors (Lipinski definition) is 1. The van der Waals surface area contributed by atoms with Crippen LogP contribution in [0.25, 0.3) is 10.9 Å². The molecule has 0 saturated carbocycles. The van der Waals surface area contributed by atoms with Gasteiger partial charge in [-0.2, -0.15) is 0 Å². The van der Waals surface area contributed by atoms with Crippen LogP contribution < -0.4 is 5.56 Å². The minimum atomic E-state index is -3.09. The van der Waals surface area contributed by atoms with E-state index in [4.69, 9.17) is 0 Å². The van der Waals surface area contributed by atoms with Crippen LogP contribution in [0.5, 0.6) is 0 Å². The third-order valence-corrected chi connectivity index (χ3v) is 6.11. The van der Waals surface area contributed by atoms with Gasteiger partial charge in [0.25, 0.3) is 5.91 Å². The van der Waals surface area contributed by atoms with Crippen LogP contribution in [-0.2, 0) is 9.84 Å². The van der Waals surface area contributed by atoms with Crippen LogP contribution in [0.2, 0.25) is 0 Å². The first-order chi connectivity index (χ1) is 11.4. The van der Waals surface area contributed by atoms with Crippen molar-refractivity contribution in [1.29, 1.82) is 0 Å². The lowest BCUT2D eigenvalue weighted by molar-refractivity contribution is 0.0699. The zero-order valence-corrected chi connectivity index (χ0v) is 14.3. The largest absolute Gasteiger partial charge is 0.335 e. The Balaban J connectivity index is 2.04. The Morgan fingerprint density at radius 3 is 2.75 bits per heavy atom. The maximum absolute atomic E-state index is 13.1. The van der Waals surface area contributed by atoms with Gasteiger partial charge in [0.1, 0.15) is 0 Å². The summed E-state index contributed by atoms with van der Waals surface area (Å²) in [4.78, 5) is 29.3. The lowest BCUT2D eigenvalue weighted by Crippen LogP contribution is -2.42. The fourth-order valence-electron chi connectivity index (χ4n) is 3.25.